The van der Waals surface area contributed by atoms with Crippen molar-refractivity contribution in [3.8, 4) is 6.01 Å². The number of methoxy groups -OCH3 is 1. The third kappa shape index (κ3) is 3.48. The van der Waals surface area contributed by atoms with E-state index >= 15 is 0 Å². The number of ketones is 1. The van der Waals surface area contributed by atoms with Gasteiger partial charge in [0.2, 0.25) is 0 Å². The van der Waals surface area contributed by atoms with Crippen molar-refractivity contribution in [2.45, 2.75) is 12.8 Å². The molecule has 24 heavy (non-hydrogen) atoms. The van der Waals surface area contributed by atoms with E-state index in [9.17, 15) is 9.18 Å². The number of piperidine rings is 1. The lowest BCUT2D eigenvalue weighted by atomic mass is 9.89. The molecule has 1 fully saturated rings. The van der Waals surface area contributed by atoms with Crippen LogP contribution in [0.5, 0.6) is 6.01 Å². The fourth-order valence-corrected chi connectivity index (χ4v) is 3.08. The first-order chi connectivity index (χ1) is 11.6. The molecule has 0 bridgehead atoms. The van der Waals surface area contributed by atoms with E-state index in [0.717, 1.165) is 0 Å². The van der Waals surface area contributed by atoms with Gasteiger partial charge in [0.05, 0.1) is 13.3 Å². The highest BCUT2D eigenvalue weighted by atomic mass is 35.5. The molecular weight excluding hydrogens is 333 g/mol. The van der Waals surface area contributed by atoms with Crippen LogP contribution in [0.4, 0.5) is 10.2 Å². The molecule has 1 saturated heterocycles. The van der Waals surface area contributed by atoms with Gasteiger partial charge in [-0.1, -0.05) is 11.6 Å². The number of halogens is 2. The quantitative estimate of drug-likeness (QED) is 0.792. The summed E-state index contributed by atoms with van der Waals surface area (Å²) in [6.07, 6.45) is 2.90. The summed E-state index contributed by atoms with van der Waals surface area (Å²) in [5, 5.41) is 0.458. The normalized spacial score (nSPS) is 15.4. The molecule has 2 aromatic rings. The Kier molecular flexibility index (Phi) is 4.94. The maximum Gasteiger partial charge on any atom is 0.318 e. The Morgan fingerprint density at radius 1 is 1.29 bits per heavy atom. The van der Waals surface area contributed by atoms with E-state index in [-0.39, 0.29) is 23.5 Å². The second-order valence-corrected chi connectivity index (χ2v) is 6.07. The summed E-state index contributed by atoms with van der Waals surface area (Å²) in [7, 11) is 1.50. The molecule has 0 unspecified atom stereocenters. The molecule has 0 amide bonds. The van der Waals surface area contributed by atoms with E-state index in [1.54, 1.807) is 0 Å². The fourth-order valence-electron chi connectivity index (χ4n) is 2.87. The minimum atomic E-state index is -0.339. The zero-order chi connectivity index (χ0) is 17.1. The standard InChI is InChI=1S/C17H17ClFN3O2/c1-24-17-20-10-14(18)16(21-17)22-8-6-12(7-9-22)15(23)11-2-4-13(19)5-3-11/h2-5,10,12H,6-9H2,1H3. The number of ether oxygens (including phenoxy) is 1. The van der Waals surface area contributed by atoms with E-state index in [1.807, 2.05) is 4.90 Å². The molecule has 1 aromatic heterocycles. The van der Waals surface area contributed by atoms with Crippen molar-refractivity contribution in [2.24, 2.45) is 5.92 Å². The van der Waals surface area contributed by atoms with Crippen molar-refractivity contribution >= 4 is 23.2 Å². The highest BCUT2D eigenvalue weighted by molar-refractivity contribution is 6.32. The predicted molar refractivity (Wildman–Crippen MR) is 89.3 cm³/mol. The Labute approximate surface area is 144 Å². The Morgan fingerprint density at radius 3 is 2.58 bits per heavy atom. The van der Waals surface area contributed by atoms with Crippen LogP contribution in [-0.2, 0) is 0 Å². The lowest BCUT2D eigenvalue weighted by Crippen LogP contribution is -2.37. The summed E-state index contributed by atoms with van der Waals surface area (Å²) in [4.78, 5) is 22.8. The molecule has 7 heteroatoms. The number of carbonyl (C=O) groups is 1. The predicted octanol–water partition coefficient (Wildman–Crippen LogP) is 3.38. The van der Waals surface area contributed by atoms with Crippen LogP contribution in [0, 0.1) is 11.7 Å². The summed E-state index contributed by atoms with van der Waals surface area (Å²) >= 11 is 6.17. The second kappa shape index (κ2) is 7.13. The second-order valence-electron chi connectivity index (χ2n) is 5.66. The summed E-state index contributed by atoms with van der Waals surface area (Å²) in [6.45, 7) is 1.33. The zero-order valence-electron chi connectivity index (χ0n) is 13.2. The monoisotopic (exact) mass is 349 g/mol. The van der Waals surface area contributed by atoms with Gasteiger partial charge in [-0.2, -0.15) is 4.98 Å². The van der Waals surface area contributed by atoms with Crippen LogP contribution in [0.1, 0.15) is 23.2 Å². The third-order valence-corrected chi connectivity index (χ3v) is 4.45. The summed E-state index contributed by atoms with van der Waals surface area (Å²) in [6, 6.07) is 5.97. The summed E-state index contributed by atoms with van der Waals surface area (Å²) in [5.74, 6) is 0.264. The molecule has 0 saturated carbocycles. The average Bonchev–Trinajstić information content (AvgIpc) is 2.62. The van der Waals surface area contributed by atoms with Crippen molar-refractivity contribution in [3.63, 3.8) is 0 Å². The van der Waals surface area contributed by atoms with E-state index in [1.165, 1.54) is 37.6 Å². The molecular formula is C17H17ClFN3O2. The molecule has 126 valence electrons. The largest absolute Gasteiger partial charge is 0.467 e. The molecule has 5 nitrogen and oxygen atoms in total. The van der Waals surface area contributed by atoms with Crippen LogP contribution >= 0.6 is 11.6 Å². The molecule has 2 heterocycles. The number of hydrogen-bond donors (Lipinski definition) is 0. The average molecular weight is 350 g/mol. The topological polar surface area (TPSA) is 55.3 Å². The number of rotatable bonds is 4. The minimum Gasteiger partial charge on any atom is -0.467 e. The lowest BCUT2D eigenvalue weighted by Gasteiger charge is -2.32. The number of anilines is 1. The minimum absolute atomic E-state index is 0.0565. The molecule has 0 aliphatic carbocycles. The third-order valence-electron chi connectivity index (χ3n) is 4.18. The Balaban J connectivity index is 1.67. The van der Waals surface area contributed by atoms with Crippen LogP contribution in [0.3, 0.4) is 0 Å². The highest BCUT2D eigenvalue weighted by Gasteiger charge is 2.27. The van der Waals surface area contributed by atoms with Crippen LogP contribution < -0.4 is 9.64 Å². The highest BCUT2D eigenvalue weighted by Crippen LogP contribution is 2.29. The first kappa shape index (κ1) is 16.6. The van der Waals surface area contributed by atoms with Gasteiger partial charge in [0.15, 0.2) is 11.6 Å². The number of benzene rings is 1. The van der Waals surface area contributed by atoms with Gasteiger partial charge in [-0.15, -0.1) is 0 Å². The number of Topliss-reactive ketones (excluding diaryl/α,β-unsaturated/α-hetero) is 1. The van der Waals surface area contributed by atoms with Crippen molar-refractivity contribution in [1.82, 2.24) is 9.97 Å². The maximum absolute atomic E-state index is 13.0. The first-order valence-electron chi connectivity index (χ1n) is 7.69. The van der Waals surface area contributed by atoms with Crippen molar-refractivity contribution in [1.29, 1.82) is 0 Å². The van der Waals surface area contributed by atoms with Crippen LogP contribution in [0.15, 0.2) is 30.5 Å². The maximum atomic E-state index is 13.0. The molecule has 1 aromatic carbocycles. The van der Waals surface area contributed by atoms with Crippen LogP contribution in [-0.4, -0.2) is 36.0 Å². The van der Waals surface area contributed by atoms with E-state index in [2.05, 4.69) is 9.97 Å². The van der Waals surface area contributed by atoms with E-state index in [0.29, 0.717) is 42.3 Å². The summed E-state index contributed by atoms with van der Waals surface area (Å²) < 4.78 is 18.0. The van der Waals surface area contributed by atoms with Gasteiger partial charge in [0, 0.05) is 24.6 Å². The smallest absolute Gasteiger partial charge is 0.318 e. The van der Waals surface area contributed by atoms with Gasteiger partial charge in [-0.05, 0) is 37.1 Å². The van der Waals surface area contributed by atoms with Crippen LogP contribution in [0.2, 0.25) is 5.02 Å². The first-order valence-corrected chi connectivity index (χ1v) is 8.07. The number of nitrogens with zero attached hydrogens (tertiary/aromatic N) is 3. The van der Waals surface area contributed by atoms with Gasteiger partial charge in [0.1, 0.15) is 10.8 Å². The SMILES string of the molecule is COc1ncc(Cl)c(N2CCC(C(=O)c3ccc(F)cc3)CC2)n1. The fraction of sp³-hybridized carbons (Fsp3) is 0.353. The van der Waals surface area contributed by atoms with Gasteiger partial charge in [-0.25, -0.2) is 9.37 Å². The number of aromatic nitrogens is 2. The number of hydrogen-bond acceptors (Lipinski definition) is 5. The van der Waals surface area contributed by atoms with Gasteiger partial charge >= 0.3 is 6.01 Å². The molecule has 0 radical (unpaired) electrons. The molecule has 3 rings (SSSR count). The van der Waals surface area contributed by atoms with Gasteiger partial charge in [-0.3, -0.25) is 4.79 Å². The summed E-state index contributed by atoms with van der Waals surface area (Å²) in [5.41, 5.74) is 0.552. The van der Waals surface area contributed by atoms with Gasteiger partial charge in [0.25, 0.3) is 0 Å². The Bertz CT molecular complexity index is 731. The van der Waals surface area contributed by atoms with E-state index < -0.39 is 0 Å². The van der Waals surface area contributed by atoms with Crippen LogP contribution in [0.25, 0.3) is 0 Å². The molecule has 0 N–H and O–H groups in total. The van der Waals surface area contributed by atoms with Crippen molar-refractivity contribution in [2.75, 3.05) is 25.1 Å². The Hall–Kier alpha value is -2.21. The molecule has 0 spiro atoms. The van der Waals surface area contributed by atoms with E-state index in [4.69, 9.17) is 16.3 Å². The van der Waals surface area contributed by atoms with Crippen molar-refractivity contribution < 1.29 is 13.9 Å². The molecule has 0 atom stereocenters. The Morgan fingerprint density at radius 2 is 1.96 bits per heavy atom. The molecule has 1 aliphatic heterocycles. The zero-order valence-corrected chi connectivity index (χ0v) is 14.0. The van der Waals surface area contributed by atoms with Crippen molar-refractivity contribution in [3.05, 3.63) is 46.9 Å². The lowest BCUT2D eigenvalue weighted by molar-refractivity contribution is 0.0900. The number of carbonyl (C=O) groups excluding carboxylic acids is 1. The van der Waals surface area contributed by atoms with Gasteiger partial charge < -0.3 is 9.64 Å². The molecule has 1 aliphatic rings.